The van der Waals surface area contributed by atoms with Gasteiger partial charge in [-0.15, -0.1) is 10.1 Å². The monoisotopic (exact) mass is 786 g/mol. The Morgan fingerprint density at radius 3 is 1.71 bits per heavy atom. The lowest BCUT2D eigenvalue weighted by Crippen LogP contribution is -2.46. The number of amidine groups is 1. The highest BCUT2D eigenvalue weighted by Crippen LogP contribution is 2.54. The van der Waals surface area contributed by atoms with Crippen LogP contribution in [0.2, 0.25) is 0 Å². The van der Waals surface area contributed by atoms with Gasteiger partial charge in [0, 0.05) is 0 Å². The topological polar surface area (TPSA) is 127 Å². The van der Waals surface area contributed by atoms with E-state index < -0.39 is 55.2 Å². The van der Waals surface area contributed by atoms with Gasteiger partial charge in [-0.25, -0.2) is 13.2 Å². The second-order valence-corrected chi connectivity index (χ2v) is 17.6. The van der Waals surface area contributed by atoms with Gasteiger partial charge in [-0.2, -0.15) is 12.7 Å². The van der Waals surface area contributed by atoms with Gasteiger partial charge in [0.05, 0.1) is 21.8 Å². The van der Waals surface area contributed by atoms with Crippen LogP contribution in [0.25, 0.3) is 6.08 Å². The summed E-state index contributed by atoms with van der Waals surface area (Å²) in [6.07, 6.45) is 0.853. The number of ether oxygens (including phenoxy) is 1. The summed E-state index contributed by atoms with van der Waals surface area (Å²) in [7, 11) is -9.61. The van der Waals surface area contributed by atoms with Crippen molar-refractivity contribution in [1.82, 2.24) is 4.31 Å². The summed E-state index contributed by atoms with van der Waals surface area (Å²) >= 11 is 0. The highest BCUT2D eigenvalue weighted by atomic mass is 32.2. The lowest BCUT2D eigenvalue weighted by Gasteiger charge is -2.34. The van der Waals surface area contributed by atoms with E-state index in [-0.39, 0.29) is 20.9 Å². The van der Waals surface area contributed by atoms with Crippen LogP contribution in [0.5, 0.6) is 0 Å². The number of nitrogens with zero attached hydrogens (tertiary/aromatic N) is 2. The summed E-state index contributed by atoms with van der Waals surface area (Å²) in [6, 6.07) is 34.4. The Hall–Kier alpha value is -5.87. The fourth-order valence-corrected chi connectivity index (χ4v) is 9.21. The summed E-state index contributed by atoms with van der Waals surface area (Å²) < 4.78 is 69.5. The smallest absolute Gasteiger partial charge is 0.343 e. The Bertz CT molecular complexity index is 2590. The molecule has 1 fully saturated rings. The third kappa shape index (κ3) is 7.66. The minimum absolute atomic E-state index is 0.199. The number of hydrogen-bond donors (Lipinski definition) is 0. The SMILES string of the molecule is Cc1ccc([C@@H]2/C(=N/S(=O)(=O)c3ccc(C)cc3)N(S(=O)(=O)c3ccc(C)cc3)C(=O)[C@]2(C(=C=Cc2ccccc2)C(=O)OC(C)C)c2ccc(C)cc2)cc1. The highest BCUT2D eigenvalue weighted by Gasteiger charge is 2.66. The van der Waals surface area contributed by atoms with E-state index >= 15 is 13.2 Å². The molecule has 56 heavy (non-hydrogen) atoms. The normalized spacial score (nSPS) is 17.8. The summed E-state index contributed by atoms with van der Waals surface area (Å²) in [6.45, 7) is 10.6. The second-order valence-electron chi connectivity index (χ2n) is 14.2. The summed E-state index contributed by atoms with van der Waals surface area (Å²) in [5, 5.41) is 0. The molecule has 5 aromatic rings. The largest absolute Gasteiger partial charge is 0.459 e. The van der Waals surface area contributed by atoms with Crippen LogP contribution >= 0.6 is 0 Å². The lowest BCUT2D eigenvalue weighted by atomic mass is 9.64. The van der Waals surface area contributed by atoms with Gasteiger partial charge < -0.3 is 4.74 Å². The predicted molar refractivity (Wildman–Crippen MR) is 217 cm³/mol. The van der Waals surface area contributed by atoms with Gasteiger partial charge in [-0.1, -0.05) is 125 Å². The standard InChI is InChI=1S/C45H42N2O7S2/c1-30(2)54-43(48)40(29-20-35-10-8-7-9-11-35)45(37-23-14-32(4)15-24-37)41(36-21-12-31(3)13-22-36)42(46-55(50,51)38-25-16-33(5)17-26-38)47(44(45)49)56(52,53)39-27-18-34(6)19-28-39/h7-28,30,41H,1-6H3/b46-42-/t29?,41-,45+/m1/s1. The van der Waals surface area contributed by atoms with Crippen molar-refractivity contribution in [2.24, 2.45) is 4.40 Å². The van der Waals surface area contributed by atoms with Crippen molar-refractivity contribution in [2.45, 2.75) is 68.8 Å². The number of aryl methyl sites for hydroxylation is 4. The first-order chi connectivity index (χ1) is 26.5. The molecule has 1 aliphatic heterocycles. The number of carbonyl (C=O) groups excluding carboxylic acids is 2. The van der Waals surface area contributed by atoms with Crippen LogP contribution in [-0.4, -0.2) is 45.0 Å². The molecule has 11 heteroatoms. The van der Waals surface area contributed by atoms with E-state index in [1.165, 1.54) is 30.3 Å². The average Bonchev–Trinajstić information content (AvgIpc) is 3.40. The van der Waals surface area contributed by atoms with Gasteiger partial charge in [-0.05, 0) is 88.6 Å². The molecule has 0 spiro atoms. The number of amides is 1. The van der Waals surface area contributed by atoms with Gasteiger partial charge in [0.1, 0.15) is 16.8 Å². The molecule has 1 aliphatic rings. The van der Waals surface area contributed by atoms with E-state index in [4.69, 9.17) is 4.74 Å². The quantitative estimate of drug-likeness (QED) is 0.0795. The van der Waals surface area contributed by atoms with Crippen molar-refractivity contribution >= 4 is 43.8 Å². The van der Waals surface area contributed by atoms with Crippen molar-refractivity contribution in [3.63, 3.8) is 0 Å². The summed E-state index contributed by atoms with van der Waals surface area (Å²) in [5.74, 6) is -4.22. The fourth-order valence-electron chi connectivity index (χ4n) is 6.69. The van der Waals surface area contributed by atoms with Crippen LogP contribution in [0.15, 0.2) is 153 Å². The molecule has 0 bridgehead atoms. The first kappa shape index (κ1) is 39.8. The molecule has 2 atom stereocenters. The molecular weight excluding hydrogens is 745 g/mol. The van der Waals surface area contributed by atoms with Crippen molar-refractivity contribution in [2.75, 3.05) is 0 Å². The molecule has 0 aromatic heterocycles. The maximum atomic E-state index is 16.0. The zero-order valence-corrected chi connectivity index (χ0v) is 33.6. The maximum absolute atomic E-state index is 16.0. The molecule has 1 saturated heterocycles. The Kier molecular flexibility index (Phi) is 11.2. The van der Waals surface area contributed by atoms with Crippen LogP contribution in [-0.2, 0) is 39.8 Å². The van der Waals surface area contributed by atoms with E-state index in [0.29, 0.717) is 15.4 Å². The average molecular weight is 787 g/mol. The Morgan fingerprint density at radius 2 is 1.20 bits per heavy atom. The van der Waals surface area contributed by atoms with E-state index in [0.717, 1.165) is 22.3 Å². The van der Waals surface area contributed by atoms with Crippen LogP contribution in [0.4, 0.5) is 0 Å². The molecule has 5 aromatic carbocycles. The van der Waals surface area contributed by atoms with Gasteiger partial charge in [0.15, 0.2) is 0 Å². The number of carbonyl (C=O) groups is 2. The molecule has 9 nitrogen and oxygen atoms in total. The van der Waals surface area contributed by atoms with E-state index in [1.54, 1.807) is 125 Å². The summed E-state index contributed by atoms with van der Waals surface area (Å²) in [4.78, 5) is 30.1. The molecular formula is C45H42N2O7S2. The zero-order chi connectivity index (χ0) is 40.4. The van der Waals surface area contributed by atoms with E-state index in [9.17, 15) is 13.2 Å². The highest BCUT2D eigenvalue weighted by molar-refractivity contribution is 7.91. The van der Waals surface area contributed by atoms with Crippen molar-refractivity contribution in [1.29, 1.82) is 0 Å². The Balaban J connectivity index is 1.84. The Labute approximate surface area is 328 Å². The number of hydrogen-bond acceptors (Lipinski definition) is 7. The molecule has 0 unspecified atom stereocenters. The molecule has 0 aliphatic carbocycles. The molecule has 0 saturated carbocycles. The van der Waals surface area contributed by atoms with E-state index in [2.05, 4.69) is 10.1 Å². The van der Waals surface area contributed by atoms with E-state index in [1.807, 2.05) is 19.9 Å². The van der Waals surface area contributed by atoms with Gasteiger partial charge >= 0.3 is 5.97 Å². The first-order valence-electron chi connectivity index (χ1n) is 18.0. The van der Waals surface area contributed by atoms with Crippen LogP contribution < -0.4 is 0 Å². The lowest BCUT2D eigenvalue weighted by molar-refractivity contribution is -0.145. The summed E-state index contributed by atoms with van der Waals surface area (Å²) in [5.41, 5.74) is 4.80. The number of benzene rings is 5. The zero-order valence-electron chi connectivity index (χ0n) is 31.9. The third-order valence-electron chi connectivity index (χ3n) is 9.55. The van der Waals surface area contributed by atoms with Gasteiger partial charge in [0.2, 0.25) is 0 Å². The molecule has 1 amide bonds. The minimum atomic E-state index is -4.92. The maximum Gasteiger partial charge on any atom is 0.343 e. The number of rotatable bonds is 10. The van der Waals surface area contributed by atoms with Crippen LogP contribution in [0.1, 0.15) is 58.7 Å². The molecule has 286 valence electrons. The molecule has 0 N–H and O–H groups in total. The molecule has 1 heterocycles. The second kappa shape index (κ2) is 15.7. The molecule has 0 radical (unpaired) electrons. The van der Waals surface area contributed by atoms with Crippen LogP contribution in [0.3, 0.4) is 0 Å². The number of esters is 1. The predicted octanol–water partition coefficient (Wildman–Crippen LogP) is 8.15. The van der Waals surface area contributed by atoms with Crippen molar-refractivity contribution in [3.8, 4) is 0 Å². The number of sulfonamides is 2. The first-order valence-corrected chi connectivity index (χ1v) is 20.9. The van der Waals surface area contributed by atoms with Crippen LogP contribution in [0, 0.1) is 27.7 Å². The van der Waals surface area contributed by atoms with Crippen molar-refractivity contribution in [3.05, 3.63) is 178 Å². The van der Waals surface area contributed by atoms with Gasteiger partial charge in [-0.3, -0.25) is 4.79 Å². The minimum Gasteiger partial charge on any atom is -0.459 e. The third-order valence-corrected chi connectivity index (χ3v) is 12.6. The Morgan fingerprint density at radius 1 is 0.714 bits per heavy atom. The molecule has 6 rings (SSSR count). The van der Waals surface area contributed by atoms with Crippen molar-refractivity contribution < 1.29 is 31.2 Å². The fraction of sp³-hybridized carbons (Fsp3) is 0.200. The van der Waals surface area contributed by atoms with Gasteiger partial charge in [0.25, 0.3) is 26.0 Å².